The molecule has 3 rings (SSSR count). The average molecular weight is 320 g/mol. The number of anilines is 1. The number of hydrogen-bond acceptors (Lipinski definition) is 7. The highest BCUT2D eigenvalue weighted by Crippen LogP contribution is 2.25. The van der Waals surface area contributed by atoms with Crippen molar-refractivity contribution in [2.75, 3.05) is 18.1 Å². The fourth-order valence-electron chi connectivity index (χ4n) is 2.67. The van der Waals surface area contributed by atoms with E-state index in [1.807, 2.05) is 0 Å². The van der Waals surface area contributed by atoms with E-state index in [1.165, 1.54) is 15.6 Å². The number of hydrogen-bond donors (Lipinski definition) is 2. The highest BCUT2D eigenvalue weighted by atomic mass is 16.5. The molecule has 0 saturated carbocycles. The Hall–Kier alpha value is -2.68. The number of carboxylic acids is 1. The summed E-state index contributed by atoms with van der Waals surface area (Å²) >= 11 is 0. The molecule has 3 heterocycles. The van der Waals surface area contributed by atoms with Crippen LogP contribution in [0, 0.1) is 0 Å². The van der Waals surface area contributed by atoms with Crippen molar-refractivity contribution >= 4 is 23.4 Å². The van der Waals surface area contributed by atoms with E-state index in [2.05, 4.69) is 10.1 Å². The molecular formula is C14H16N4O5. The summed E-state index contributed by atoms with van der Waals surface area (Å²) in [5.41, 5.74) is 0.492. The Morgan fingerprint density at radius 1 is 1.48 bits per heavy atom. The molecule has 1 aliphatic heterocycles. The summed E-state index contributed by atoms with van der Waals surface area (Å²) in [5, 5.41) is 23.0. The number of carboxylic acid groups (broad SMARTS) is 1. The predicted molar refractivity (Wildman–Crippen MR) is 78.3 cm³/mol. The molecule has 9 nitrogen and oxygen atoms in total. The van der Waals surface area contributed by atoms with Gasteiger partial charge in [-0.25, -0.2) is 19.1 Å². The van der Waals surface area contributed by atoms with Gasteiger partial charge in [-0.15, -0.1) is 0 Å². The van der Waals surface area contributed by atoms with Gasteiger partial charge in [0.15, 0.2) is 5.65 Å². The van der Waals surface area contributed by atoms with Crippen LogP contribution in [0.15, 0.2) is 18.5 Å². The maximum Gasteiger partial charge on any atom is 0.343 e. The van der Waals surface area contributed by atoms with Crippen LogP contribution in [-0.4, -0.2) is 62.0 Å². The van der Waals surface area contributed by atoms with Crippen molar-refractivity contribution < 1.29 is 24.5 Å². The summed E-state index contributed by atoms with van der Waals surface area (Å²) in [6, 6.07) is 0.747. The summed E-state index contributed by atoms with van der Waals surface area (Å²) < 4.78 is 6.37. The molecular weight excluding hydrogens is 304 g/mol. The zero-order valence-electron chi connectivity index (χ0n) is 12.4. The first-order chi connectivity index (χ1) is 11.0. The first-order valence-electron chi connectivity index (χ1n) is 7.20. The van der Waals surface area contributed by atoms with Gasteiger partial charge in [0, 0.05) is 19.2 Å². The summed E-state index contributed by atoms with van der Waals surface area (Å²) in [4.78, 5) is 29.1. The lowest BCUT2D eigenvalue weighted by atomic mass is 10.2. The van der Waals surface area contributed by atoms with E-state index in [1.54, 1.807) is 19.2 Å². The Morgan fingerprint density at radius 3 is 2.96 bits per heavy atom. The number of β-amino-alcohol motifs (C(OH)–C–C–N with tert-alkyl or cyclic N) is 1. The van der Waals surface area contributed by atoms with Crippen LogP contribution in [0.4, 0.5) is 5.82 Å². The van der Waals surface area contributed by atoms with E-state index in [0.717, 1.165) is 0 Å². The molecule has 0 amide bonds. The van der Waals surface area contributed by atoms with Gasteiger partial charge in [0.1, 0.15) is 17.4 Å². The Kier molecular flexibility index (Phi) is 3.87. The van der Waals surface area contributed by atoms with Crippen LogP contribution in [0.25, 0.3) is 5.65 Å². The van der Waals surface area contributed by atoms with Crippen LogP contribution in [0.1, 0.15) is 23.7 Å². The number of aliphatic carboxylic acids is 1. The number of nitrogens with zero attached hydrogens (tertiary/aromatic N) is 4. The van der Waals surface area contributed by atoms with Gasteiger partial charge in [0.2, 0.25) is 0 Å². The number of aliphatic hydroxyl groups excluding tert-OH is 1. The third-order valence-electron chi connectivity index (χ3n) is 3.71. The second-order valence-electron chi connectivity index (χ2n) is 5.23. The molecule has 0 aliphatic carbocycles. The monoisotopic (exact) mass is 320 g/mol. The molecule has 0 bridgehead atoms. The molecule has 1 fully saturated rings. The van der Waals surface area contributed by atoms with Gasteiger partial charge in [-0.1, -0.05) is 0 Å². The standard InChI is InChI=1S/C14H16N4O5/c1-2-23-14(22)9-6-15-18-4-3-11(16-12(9)18)17-7-8(19)5-10(17)13(20)21/h3-4,6,8,10,19H,2,5,7H2,1H3,(H,20,21). The Morgan fingerprint density at radius 2 is 2.26 bits per heavy atom. The van der Waals surface area contributed by atoms with Gasteiger partial charge < -0.3 is 19.8 Å². The molecule has 1 aliphatic rings. The van der Waals surface area contributed by atoms with Gasteiger partial charge in [-0.3, -0.25) is 0 Å². The van der Waals surface area contributed by atoms with E-state index in [9.17, 15) is 19.8 Å². The molecule has 2 unspecified atom stereocenters. The average Bonchev–Trinajstić information content (AvgIpc) is 3.10. The number of fused-ring (bicyclic) bond motifs is 1. The van der Waals surface area contributed by atoms with Crippen molar-refractivity contribution in [1.82, 2.24) is 14.6 Å². The van der Waals surface area contributed by atoms with Crippen LogP contribution in [0.2, 0.25) is 0 Å². The SMILES string of the molecule is CCOC(=O)c1cnn2ccc(N3CC(O)CC3C(=O)O)nc12. The maximum atomic E-state index is 11.9. The van der Waals surface area contributed by atoms with Crippen LogP contribution >= 0.6 is 0 Å². The molecule has 2 atom stereocenters. The third kappa shape index (κ3) is 2.70. The summed E-state index contributed by atoms with van der Waals surface area (Å²) in [6.07, 6.45) is 2.34. The summed E-state index contributed by atoms with van der Waals surface area (Å²) in [7, 11) is 0. The van der Waals surface area contributed by atoms with Crippen molar-refractivity contribution in [3.63, 3.8) is 0 Å². The highest BCUT2D eigenvalue weighted by molar-refractivity contribution is 5.95. The fraction of sp³-hybridized carbons (Fsp3) is 0.429. The van der Waals surface area contributed by atoms with Crippen molar-refractivity contribution in [3.05, 3.63) is 24.0 Å². The topological polar surface area (TPSA) is 117 Å². The first kappa shape index (κ1) is 15.2. The van der Waals surface area contributed by atoms with E-state index >= 15 is 0 Å². The lowest BCUT2D eigenvalue weighted by Crippen LogP contribution is -2.36. The molecule has 2 aromatic heterocycles. The molecule has 2 N–H and O–H groups in total. The number of carbonyl (C=O) groups is 2. The Bertz CT molecular complexity index is 759. The van der Waals surface area contributed by atoms with Crippen molar-refractivity contribution in [1.29, 1.82) is 0 Å². The number of esters is 1. The van der Waals surface area contributed by atoms with Gasteiger partial charge in [-0.2, -0.15) is 5.10 Å². The van der Waals surface area contributed by atoms with E-state index in [0.29, 0.717) is 5.82 Å². The van der Waals surface area contributed by atoms with E-state index in [4.69, 9.17) is 4.74 Å². The Labute approximate surface area is 131 Å². The van der Waals surface area contributed by atoms with Crippen LogP contribution in [0.5, 0.6) is 0 Å². The van der Waals surface area contributed by atoms with E-state index < -0.39 is 24.1 Å². The highest BCUT2D eigenvalue weighted by Gasteiger charge is 2.37. The van der Waals surface area contributed by atoms with Gasteiger partial charge >= 0.3 is 11.9 Å². The molecule has 0 radical (unpaired) electrons. The van der Waals surface area contributed by atoms with Crippen LogP contribution < -0.4 is 4.90 Å². The lowest BCUT2D eigenvalue weighted by molar-refractivity contribution is -0.138. The van der Waals surface area contributed by atoms with Gasteiger partial charge in [0.05, 0.1) is 18.9 Å². The number of aliphatic hydroxyl groups is 1. The molecule has 9 heteroatoms. The predicted octanol–water partition coefficient (Wildman–Crippen LogP) is -0.0698. The number of rotatable bonds is 4. The molecule has 2 aromatic rings. The second kappa shape index (κ2) is 5.84. The van der Waals surface area contributed by atoms with Gasteiger partial charge in [0.25, 0.3) is 0 Å². The quantitative estimate of drug-likeness (QED) is 0.752. The molecule has 0 aromatic carbocycles. The fourth-order valence-corrected chi connectivity index (χ4v) is 2.67. The number of aromatic nitrogens is 3. The van der Waals surface area contributed by atoms with Crippen molar-refractivity contribution in [2.45, 2.75) is 25.5 Å². The first-order valence-corrected chi connectivity index (χ1v) is 7.20. The zero-order chi connectivity index (χ0) is 16.6. The minimum atomic E-state index is -1.03. The Balaban J connectivity index is 2.00. The number of carbonyl (C=O) groups excluding carboxylic acids is 1. The molecule has 23 heavy (non-hydrogen) atoms. The minimum absolute atomic E-state index is 0.131. The third-order valence-corrected chi connectivity index (χ3v) is 3.71. The molecule has 1 saturated heterocycles. The largest absolute Gasteiger partial charge is 0.480 e. The second-order valence-corrected chi connectivity index (χ2v) is 5.23. The van der Waals surface area contributed by atoms with Crippen LogP contribution in [0.3, 0.4) is 0 Å². The van der Waals surface area contributed by atoms with E-state index in [-0.39, 0.29) is 30.8 Å². The van der Waals surface area contributed by atoms with Crippen molar-refractivity contribution in [2.24, 2.45) is 0 Å². The summed E-state index contributed by atoms with van der Waals surface area (Å²) in [6.45, 7) is 2.10. The number of ether oxygens (including phenoxy) is 1. The minimum Gasteiger partial charge on any atom is -0.480 e. The smallest absolute Gasteiger partial charge is 0.343 e. The maximum absolute atomic E-state index is 11.9. The zero-order valence-corrected chi connectivity index (χ0v) is 12.4. The normalized spacial score (nSPS) is 20.9. The lowest BCUT2D eigenvalue weighted by Gasteiger charge is -2.22. The van der Waals surface area contributed by atoms with Crippen LogP contribution in [-0.2, 0) is 9.53 Å². The molecule has 122 valence electrons. The summed E-state index contributed by atoms with van der Waals surface area (Å²) in [5.74, 6) is -1.20. The van der Waals surface area contributed by atoms with Gasteiger partial charge in [-0.05, 0) is 13.0 Å². The molecule has 0 spiro atoms. The van der Waals surface area contributed by atoms with Crippen molar-refractivity contribution in [3.8, 4) is 0 Å².